The maximum Gasteiger partial charge on any atom is 0.255 e. The Hall–Kier alpha value is -1.14. The average molecular weight is 267 g/mol. The highest BCUT2D eigenvalue weighted by Crippen LogP contribution is 2.48. The summed E-state index contributed by atoms with van der Waals surface area (Å²) in [5.74, 6) is -3.13. The van der Waals surface area contributed by atoms with Crippen LogP contribution in [0.3, 0.4) is 0 Å². The first-order chi connectivity index (χ1) is 8.03. The molecule has 1 atom stereocenters. The average Bonchev–Trinajstić information content (AvgIpc) is 2.88. The minimum Gasteiger partial charge on any atom is -0.491 e. The molecule has 0 heterocycles. The van der Waals surface area contributed by atoms with Crippen LogP contribution in [0.5, 0.6) is 5.75 Å². The number of alkyl halides is 2. The maximum absolute atomic E-state index is 12.6. The van der Waals surface area contributed by atoms with Crippen molar-refractivity contribution in [3.05, 3.63) is 23.2 Å². The fraction of sp³-hybridized carbons (Fsp3) is 0.400. The Kier molecular flexibility index (Phi) is 3.35. The summed E-state index contributed by atoms with van der Waals surface area (Å²) < 4.78 is 42.2. The number of hydrogen-bond acceptors (Lipinski definition) is 3. The highest BCUT2D eigenvalue weighted by Gasteiger charge is 2.57. The van der Waals surface area contributed by atoms with E-state index in [1.165, 1.54) is 23.8 Å². The molecule has 2 N–H and O–H groups in total. The van der Waals surface area contributed by atoms with Crippen molar-refractivity contribution in [3.63, 3.8) is 0 Å². The van der Waals surface area contributed by atoms with E-state index in [0.29, 0.717) is 10.7 Å². The molecule has 0 spiro atoms. The minimum atomic E-state index is -2.62. The van der Waals surface area contributed by atoms with Gasteiger partial charge in [0.1, 0.15) is 5.75 Å². The molecule has 0 amide bonds. The zero-order valence-corrected chi connectivity index (χ0v) is 9.40. The van der Waals surface area contributed by atoms with Gasteiger partial charge in [0, 0.05) is 12.5 Å². The number of halogens is 4. The quantitative estimate of drug-likeness (QED) is 0.634. The molecule has 0 aromatic heterocycles. The van der Waals surface area contributed by atoms with E-state index in [1.807, 2.05) is 0 Å². The van der Waals surface area contributed by atoms with Gasteiger partial charge in [0.25, 0.3) is 5.92 Å². The van der Waals surface area contributed by atoms with Crippen molar-refractivity contribution in [1.29, 1.82) is 0 Å². The zero-order chi connectivity index (χ0) is 12.5. The number of hydrazine groups is 1. The molecule has 7 heteroatoms. The van der Waals surface area contributed by atoms with Crippen LogP contribution in [-0.2, 0) is 0 Å². The van der Waals surface area contributed by atoms with Gasteiger partial charge in [0.15, 0.2) is 0 Å². The van der Waals surface area contributed by atoms with E-state index in [0.717, 1.165) is 0 Å². The Morgan fingerprint density at radius 1 is 1.47 bits per heavy atom. The van der Waals surface area contributed by atoms with E-state index >= 15 is 0 Å². The summed E-state index contributed by atoms with van der Waals surface area (Å²) in [5.41, 5.74) is 3.83. The summed E-state index contributed by atoms with van der Waals surface area (Å²) in [4.78, 5) is 0. The van der Waals surface area contributed by atoms with Crippen LogP contribution >= 0.6 is 11.6 Å². The Balaban J connectivity index is 1.97. The third-order valence-corrected chi connectivity index (χ3v) is 2.83. The van der Waals surface area contributed by atoms with Gasteiger partial charge < -0.3 is 4.74 Å². The predicted octanol–water partition coefficient (Wildman–Crippen LogP) is 3.18. The first-order valence-corrected chi connectivity index (χ1v) is 5.32. The summed E-state index contributed by atoms with van der Waals surface area (Å²) in [6.07, 6.45) is -0.158. The smallest absolute Gasteiger partial charge is 0.255 e. The lowest BCUT2D eigenvalue weighted by atomic mass is 10.3. The van der Waals surface area contributed by atoms with Gasteiger partial charge in [-0.1, -0.05) is 17.2 Å². The van der Waals surface area contributed by atoms with Gasteiger partial charge in [-0.2, -0.15) is 0 Å². The van der Waals surface area contributed by atoms with Crippen LogP contribution < -0.4 is 15.8 Å². The van der Waals surface area contributed by atoms with Gasteiger partial charge in [-0.3, -0.25) is 5.43 Å². The standard InChI is InChI=1S/C10H10ClF3N2O/c11-8-2-1-7(15-16-14)3-9(8)17-5-6-4-10(6,12)13/h1-3,6,15-16H,4-5H2. The summed E-state index contributed by atoms with van der Waals surface area (Å²) in [6.45, 7) is -0.0980. The molecule has 1 aliphatic carbocycles. The highest BCUT2D eigenvalue weighted by atomic mass is 35.5. The van der Waals surface area contributed by atoms with Crippen LogP contribution in [0.25, 0.3) is 0 Å². The molecule has 2 rings (SSSR count). The van der Waals surface area contributed by atoms with E-state index in [-0.39, 0.29) is 18.8 Å². The fourth-order valence-corrected chi connectivity index (χ4v) is 1.56. The first-order valence-electron chi connectivity index (χ1n) is 4.95. The van der Waals surface area contributed by atoms with E-state index in [9.17, 15) is 13.3 Å². The molecule has 3 nitrogen and oxygen atoms in total. The Morgan fingerprint density at radius 2 is 2.18 bits per heavy atom. The summed E-state index contributed by atoms with van der Waals surface area (Å²) in [5, 5.41) is 0.290. The number of nitrogens with one attached hydrogen (secondary N) is 2. The van der Waals surface area contributed by atoms with Crippen molar-refractivity contribution in [2.45, 2.75) is 12.3 Å². The molecule has 0 aliphatic heterocycles. The van der Waals surface area contributed by atoms with Crippen molar-refractivity contribution in [2.24, 2.45) is 5.92 Å². The van der Waals surface area contributed by atoms with Crippen LogP contribution in [0, 0.1) is 5.92 Å². The van der Waals surface area contributed by atoms with Gasteiger partial charge in [-0.05, 0) is 12.1 Å². The van der Waals surface area contributed by atoms with Gasteiger partial charge in [-0.15, -0.1) is 4.48 Å². The minimum absolute atomic E-state index is 0.0980. The third-order valence-electron chi connectivity index (χ3n) is 2.52. The van der Waals surface area contributed by atoms with E-state index in [2.05, 4.69) is 5.43 Å². The Bertz CT molecular complexity index is 417. The molecule has 1 aliphatic rings. The lowest BCUT2D eigenvalue weighted by Crippen LogP contribution is -2.10. The molecule has 1 saturated carbocycles. The van der Waals surface area contributed by atoms with E-state index < -0.39 is 11.8 Å². The van der Waals surface area contributed by atoms with Gasteiger partial charge in [-0.25, -0.2) is 8.78 Å². The Morgan fingerprint density at radius 3 is 2.76 bits per heavy atom. The van der Waals surface area contributed by atoms with Crippen molar-refractivity contribution in [2.75, 3.05) is 12.0 Å². The largest absolute Gasteiger partial charge is 0.491 e. The fourth-order valence-electron chi connectivity index (χ4n) is 1.39. The number of benzene rings is 1. The third kappa shape index (κ3) is 2.95. The molecular weight excluding hydrogens is 257 g/mol. The lowest BCUT2D eigenvalue weighted by Gasteiger charge is -2.09. The van der Waals surface area contributed by atoms with Crippen molar-refractivity contribution in [1.82, 2.24) is 5.65 Å². The Labute approximate surface area is 101 Å². The summed E-state index contributed by atoms with van der Waals surface area (Å²) >= 11 is 5.82. The molecule has 0 bridgehead atoms. The normalized spacial score (nSPS) is 21.1. The second kappa shape index (κ2) is 4.62. The lowest BCUT2D eigenvalue weighted by molar-refractivity contribution is 0.0856. The molecule has 0 saturated heterocycles. The van der Waals surface area contributed by atoms with Crippen LogP contribution in [0.2, 0.25) is 5.02 Å². The highest BCUT2D eigenvalue weighted by molar-refractivity contribution is 6.32. The van der Waals surface area contributed by atoms with Gasteiger partial charge in [0.05, 0.1) is 23.2 Å². The molecule has 1 aromatic carbocycles. The van der Waals surface area contributed by atoms with Crippen LogP contribution in [-0.4, -0.2) is 12.5 Å². The molecule has 94 valence electrons. The SMILES string of the molecule is FNNc1ccc(Cl)c(OCC2CC2(F)F)c1. The van der Waals surface area contributed by atoms with Crippen LogP contribution in [0.4, 0.5) is 18.9 Å². The topological polar surface area (TPSA) is 33.3 Å². The molecule has 1 unspecified atom stereocenters. The predicted molar refractivity (Wildman–Crippen MR) is 57.9 cm³/mol. The number of rotatable bonds is 5. The van der Waals surface area contributed by atoms with Crippen LogP contribution in [0.1, 0.15) is 6.42 Å². The van der Waals surface area contributed by atoms with Crippen molar-refractivity contribution < 1.29 is 18.0 Å². The zero-order valence-electron chi connectivity index (χ0n) is 8.64. The second-order valence-corrected chi connectivity index (χ2v) is 4.24. The van der Waals surface area contributed by atoms with Crippen LogP contribution in [0.15, 0.2) is 18.2 Å². The summed E-state index contributed by atoms with van der Waals surface area (Å²) in [7, 11) is 0. The van der Waals surface area contributed by atoms with E-state index in [4.69, 9.17) is 16.3 Å². The number of hydrogen-bond donors (Lipinski definition) is 2. The number of anilines is 1. The van der Waals surface area contributed by atoms with E-state index in [1.54, 1.807) is 0 Å². The first kappa shape index (κ1) is 12.3. The maximum atomic E-state index is 12.6. The van der Waals surface area contributed by atoms with Crippen molar-refractivity contribution >= 4 is 17.3 Å². The summed E-state index contributed by atoms with van der Waals surface area (Å²) in [6, 6.07) is 4.44. The molecule has 17 heavy (non-hydrogen) atoms. The monoisotopic (exact) mass is 266 g/mol. The molecule has 1 fully saturated rings. The van der Waals surface area contributed by atoms with Gasteiger partial charge >= 0.3 is 0 Å². The van der Waals surface area contributed by atoms with Crippen molar-refractivity contribution in [3.8, 4) is 5.75 Å². The molecule has 0 radical (unpaired) electrons. The number of ether oxygens (including phenoxy) is 1. The molecule has 1 aromatic rings. The second-order valence-electron chi connectivity index (χ2n) is 3.84. The molecular formula is C10H10ClF3N2O. The van der Waals surface area contributed by atoms with Gasteiger partial charge in [0.2, 0.25) is 0 Å².